The molecule has 4 nitrogen and oxygen atoms in total. The Hall–Kier alpha value is -1.16. The standard InChI is InChI=1S/C14H26N4/c1-6-13-12(9-15-11(4)5)10-16-14(17-13)18(7-2)8-3/h10-11,15H,6-9H2,1-5H3. The van der Waals surface area contributed by atoms with Crippen molar-refractivity contribution in [2.75, 3.05) is 18.0 Å². The van der Waals surface area contributed by atoms with Gasteiger partial charge in [-0.05, 0) is 20.3 Å². The molecular formula is C14H26N4. The largest absolute Gasteiger partial charge is 0.341 e. The number of aromatic nitrogens is 2. The van der Waals surface area contributed by atoms with Crippen molar-refractivity contribution in [3.05, 3.63) is 17.5 Å². The molecule has 0 aliphatic heterocycles. The second kappa shape index (κ2) is 7.31. The zero-order chi connectivity index (χ0) is 13.5. The Morgan fingerprint density at radius 3 is 2.39 bits per heavy atom. The minimum atomic E-state index is 0.483. The Kier molecular flexibility index (Phi) is 6.05. The van der Waals surface area contributed by atoms with Crippen molar-refractivity contribution < 1.29 is 0 Å². The van der Waals surface area contributed by atoms with Gasteiger partial charge in [-0.1, -0.05) is 20.8 Å². The molecule has 4 heteroatoms. The molecule has 1 heterocycles. The molecule has 1 rings (SSSR count). The smallest absolute Gasteiger partial charge is 0.225 e. The first kappa shape index (κ1) is 14.9. The minimum Gasteiger partial charge on any atom is -0.341 e. The summed E-state index contributed by atoms with van der Waals surface area (Å²) < 4.78 is 0. The summed E-state index contributed by atoms with van der Waals surface area (Å²) in [5.41, 5.74) is 2.36. The highest BCUT2D eigenvalue weighted by atomic mass is 15.2. The van der Waals surface area contributed by atoms with E-state index in [1.807, 2.05) is 6.20 Å². The second-order valence-electron chi connectivity index (χ2n) is 4.70. The van der Waals surface area contributed by atoms with Crippen LogP contribution in [0.3, 0.4) is 0 Å². The molecule has 0 bridgehead atoms. The zero-order valence-electron chi connectivity index (χ0n) is 12.3. The third-order valence-electron chi connectivity index (χ3n) is 3.02. The summed E-state index contributed by atoms with van der Waals surface area (Å²) in [6.45, 7) is 13.5. The van der Waals surface area contributed by atoms with E-state index in [2.05, 4.69) is 54.8 Å². The first-order chi connectivity index (χ1) is 8.62. The topological polar surface area (TPSA) is 41.1 Å². The molecule has 0 saturated heterocycles. The van der Waals surface area contributed by atoms with Gasteiger partial charge in [0.05, 0.1) is 5.69 Å². The van der Waals surface area contributed by atoms with Crippen molar-refractivity contribution in [2.45, 2.75) is 53.6 Å². The fourth-order valence-electron chi connectivity index (χ4n) is 1.86. The summed E-state index contributed by atoms with van der Waals surface area (Å²) in [5.74, 6) is 0.852. The van der Waals surface area contributed by atoms with Crippen LogP contribution in [-0.2, 0) is 13.0 Å². The van der Waals surface area contributed by atoms with Crippen LogP contribution in [0.5, 0.6) is 0 Å². The number of nitrogens with one attached hydrogen (secondary N) is 1. The molecule has 0 atom stereocenters. The highest BCUT2D eigenvalue weighted by Gasteiger charge is 2.09. The molecular weight excluding hydrogens is 224 g/mol. The van der Waals surface area contributed by atoms with Crippen LogP contribution in [-0.4, -0.2) is 29.1 Å². The minimum absolute atomic E-state index is 0.483. The van der Waals surface area contributed by atoms with Crippen LogP contribution in [0.2, 0.25) is 0 Å². The van der Waals surface area contributed by atoms with Gasteiger partial charge in [-0.2, -0.15) is 0 Å². The number of aryl methyl sites for hydroxylation is 1. The van der Waals surface area contributed by atoms with E-state index in [1.165, 1.54) is 5.56 Å². The Labute approximate surface area is 111 Å². The van der Waals surface area contributed by atoms with Crippen molar-refractivity contribution in [2.24, 2.45) is 0 Å². The van der Waals surface area contributed by atoms with Gasteiger partial charge in [0.1, 0.15) is 0 Å². The lowest BCUT2D eigenvalue weighted by atomic mass is 10.2. The summed E-state index contributed by atoms with van der Waals surface area (Å²) >= 11 is 0. The highest BCUT2D eigenvalue weighted by Crippen LogP contribution is 2.12. The summed E-state index contributed by atoms with van der Waals surface area (Å²) in [6, 6.07) is 0.483. The lowest BCUT2D eigenvalue weighted by Gasteiger charge is -2.20. The van der Waals surface area contributed by atoms with Gasteiger partial charge in [-0.15, -0.1) is 0 Å². The van der Waals surface area contributed by atoms with E-state index in [0.29, 0.717) is 6.04 Å². The molecule has 1 aromatic heterocycles. The number of anilines is 1. The van der Waals surface area contributed by atoms with Crippen molar-refractivity contribution in [1.82, 2.24) is 15.3 Å². The fraction of sp³-hybridized carbons (Fsp3) is 0.714. The van der Waals surface area contributed by atoms with Crippen molar-refractivity contribution in [1.29, 1.82) is 0 Å². The van der Waals surface area contributed by atoms with Gasteiger partial charge in [0.25, 0.3) is 0 Å². The van der Waals surface area contributed by atoms with E-state index in [4.69, 9.17) is 0 Å². The van der Waals surface area contributed by atoms with Gasteiger partial charge in [0.15, 0.2) is 0 Å². The molecule has 0 unspecified atom stereocenters. The van der Waals surface area contributed by atoms with E-state index in [-0.39, 0.29) is 0 Å². The number of nitrogens with zero attached hydrogens (tertiary/aromatic N) is 3. The van der Waals surface area contributed by atoms with Gasteiger partial charge in [-0.25, -0.2) is 9.97 Å². The maximum absolute atomic E-state index is 4.69. The maximum Gasteiger partial charge on any atom is 0.225 e. The van der Waals surface area contributed by atoms with Crippen molar-refractivity contribution >= 4 is 5.95 Å². The zero-order valence-corrected chi connectivity index (χ0v) is 12.3. The average molecular weight is 250 g/mol. The lowest BCUT2D eigenvalue weighted by molar-refractivity contribution is 0.583. The van der Waals surface area contributed by atoms with E-state index < -0.39 is 0 Å². The Balaban J connectivity index is 2.88. The molecule has 0 aliphatic carbocycles. The van der Waals surface area contributed by atoms with Crippen molar-refractivity contribution in [3.63, 3.8) is 0 Å². The van der Waals surface area contributed by atoms with Crippen LogP contribution < -0.4 is 10.2 Å². The average Bonchev–Trinajstić information content (AvgIpc) is 2.38. The van der Waals surface area contributed by atoms with Crippen LogP contribution in [0.1, 0.15) is 45.9 Å². The van der Waals surface area contributed by atoms with Crippen LogP contribution in [0, 0.1) is 0 Å². The number of hydrogen-bond donors (Lipinski definition) is 1. The molecule has 1 N–H and O–H groups in total. The van der Waals surface area contributed by atoms with Crippen LogP contribution in [0.4, 0.5) is 5.95 Å². The van der Waals surface area contributed by atoms with E-state index in [0.717, 1.165) is 37.7 Å². The summed E-state index contributed by atoms with van der Waals surface area (Å²) in [5, 5.41) is 3.42. The summed E-state index contributed by atoms with van der Waals surface area (Å²) in [7, 11) is 0. The Morgan fingerprint density at radius 1 is 1.22 bits per heavy atom. The fourth-order valence-corrected chi connectivity index (χ4v) is 1.86. The van der Waals surface area contributed by atoms with E-state index in [9.17, 15) is 0 Å². The molecule has 0 fully saturated rings. The van der Waals surface area contributed by atoms with Crippen LogP contribution in [0.15, 0.2) is 6.20 Å². The molecule has 0 spiro atoms. The molecule has 0 aromatic carbocycles. The Bertz CT molecular complexity index is 359. The molecule has 1 aromatic rings. The van der Waals surface area contributed by atoms with Gasteiger partial charge in [-0.3, -0.25) is 0 Å². The van der Waals surface area contributed by atoms with Crippen LogP contribution >= 0.6 is 0 Å². The molecule has 0 saturated carbocycles. The molecule has 0 radical (unpaired) electrons. The molecule has 102 valence electrons. The second-order valence-corrected chi connectivity index (χ2v) is 4.70. The quantitative estimate of drug-likeness (QED) is 0.806. The molecule has 0 aliphatic rings. The Morgan fingerprint density at radius 2 is 1.89 bits per heavy atom. The highest BCUT2D eigenvalue weighted by molar-refractivity contribution is 5.33. The third kappa shape index (κ3) is 3.95. The van der Waals surface area contributed by atoms with Gasteiger partial charge in [0, 0.05) is 37.4 Å². The van der Waals surface area contributed by atoms with Gasteiger partial charge < -0.3 is 10.2 Å². The SMILES string of the molecule is CCc1nc(N(CC)CC)ncc1CNC(C)C. The van der Waals surface area contributed by atoms with E-state index >= 15 is 0 Å². The molecule has 18 heavy (non-hydrogen) atoms. The third-order valence-corrected chi connectivity index (χ3v) is 3.02. The van der Waals surface area contributed by atoms with E-state index in [1.54, 1.807) is 0 Å². The monoisotopic (exact) mass is 250 g/mol. The predicted octanol–water partition coefficient (Wildman–Crippen LogP) is 2.38. The first-order valence-corrected chi connectivity index (χ1v) is 6.95. The number of hydrogen-bond acceptors (Lipinski definition) is 4. The predicted molar refractivity (Wildman–Crippen MR) is 76.9 cm³/mol. The summed E-state index contributed by atoms with van der Waals surface area (Å²) in [4.78, 5) is 11.3. The molecule has 0 amide bonds. The normalized spacial score (nSPS) is 11.0. The van der Waals surface area contributed by atoms with Crippen LogP contribution in [0.25, 0.3) is 0 Å². The number of rotatable bonds is 7. The lowest BCUT2D eigenvalue weighted by Crippen LogP contribution is -2.26. The first-order valence-electron chi connectivity index (χ1n) is 6.95. The van der Waals surface area contributed by atoms with Crippen molar-refractivity contribution in [3.8, 4) is 0 Å². The van der Waals surface area contributed by atoms with Gasteiger partial charge in [0.2, 0.25) is 5.95 Å². The maximum atomic E-state index is 4.69. The van der Waals surface area contributed by atoms with Gasteiger partial charge >= 0.3 is 0 Å². The summed E-state index contributed by atoms with van der Waals surface area (Å²) in [6.07, 6.45) is 2.92.